The zero-order valence-electron chi connectivity index (χ0n) is 13.8. The number of benzene rings is 1. The molecule has 0 aliphatic rings. The Bertz CT molecular complexity index is 433. The maximum Gasteiger partial charge on any atom is 0.224 e. The Labute approximate surface area is 133 Å². The molecule has 2 N–H and O–H groups in total. The highest BCUT2D eigenvalue weighted by atomic mass is 16.2. The number of unbranched alkanes of at least 4 members (excludes halogenated alkanes) is 4. The fourth-order valence-corrected chi connectivity index (χ4v) is 2.19. The summed E-state index contributed by atoms with van der Waals surface area (Å²) in [6, 6.07) is 7.31. The number of nitrogens with one attached hydrogen (secondary N) is 2. The summed E-state index contributed by atoms with van der Waals surface area (Å²) in [7, 11) is 0. The van der Waals surface area contributed by atoms with E-state index in [0.29, 0.717) is 12.8 Å². The van der Waals surface area contributed by atoms with Crippen molar-refractivity contribution in [3.05, 3.63) is 24.3 Å². The van der Waals surface area contributed by atoms with E-state index in [4.69, 9.17) is 0 Å². The maximum absolute atomic E-state index is 11.8. The molecule has 0 unspecified atom stereocenters. The van der Waals surface area contributed by atoms with E-state index >= 15 is 0 Å². The minimum atomic E-state index is 0.0277. The molecule has 2 amide bonds. The van der Waals surface area contributed by atoms with Crippen LogP contribution in [-0.4, -0.2) is 11.8 Å². The molecule has 0 spiro atoms. The first-order chi connectivity index (χ1) is 10.7. The van der Waals surface area contributed by atoms with Crippen LogP contribution in [0.5, 0.6) is 0 Å². The van der Waals surface area contributed by atoms with Crippen LogP contribution < -0.4 is 10.6 Å². The molecular weight excluding hydrogens is 276 g/mol. The van der Waals surface area contributed by atoms with Crippen molar-refractivity contribution in [2.24, 2.45) is 0 Å². The van der Waals surface area contributed by atoms with Crippen LogP contribution in [0.4, 0.5) is 11.4 Å². The highest BCUT2D eigenvalue weighted by Gasteiger charge is 2.05. The summed E-state index contributed by atoms with van der Waals surface area (Å²) < 4.78 is 0. The summed E-state index contributed by atoms with van der Waals surface area (Å²) in [4.78, 5) is 23.6. The second-order valence-corrected chi connectivity index (χ2v) is 5.59. The first kappa shape index (κ1) is 18.2. The molecule has 1 aromatic rings. The van der Waals surface area contributed by atoms with Gasteiger partial charge in [-0.1, -0.05) is 45.6 Å². The van der Waals surface area contributed by atoms with Crippen LogP contribution in [0, 0.1) is 0 Å². The van der Waals surface area contributed by atoms with Crippen LogP contribution in [-0.2, 0) is 9.59 Å². The molecule has 1 aromatic carbocycles. The summed E-state index contributed by atoms with van der Waals surface area (Å²) in [5.41, 5.74) is 1.46. The van der Waals surface area contributed by atoms with Crippen LogP contribution in [0.2, 0.25) is 0 Å². The fourth-order valence-electron chi connectivity index (χ4n) is 2.19. The largest absolute Gasteiger partial charge is 0.326 e. The minimum absolute atomic E-state index is 0.0277. The van der Waals surface area contributed by atoms with E-state index in [0.717, 1.165) is 49.9 Å². The van der Waals surface area contributed by atoms with Gasteiger partial charge in [0.25, 0.3) is 0 Å². The molecule has 1 rings (SSSR count). The molecule has 4 heteroatoms. The van der Waals surface area contributed by atoms with Crippen molar-refractivity contribution < 1.29 is 9.59 Å². The Kier molecular flexibility index (Phi) is 8.96. The summed E-state index contributed by atoms with van der Waals surface area (Å²) in [5, 5.41) is 5.75. The average Bonchev–Trinajstić information content (AvgIpc) is 2.48. The topological polar surface area (TPSA) is 58.2 Å². The van der Waals surface area contributed by atoms with Crippen molar-refractivity contribution in [3.63, 3.8) is 0 Å². The van der Waals surface area contributed by atoms with Crippen LogP contribution >= 0.6 is 0 Å². The maximum atomic E-state index is 11.8. The number of amides is 2. The van der Waals surface area contributed by atoms with Gasteiger partial charge in [0.2, 0.25) is 11.8 Å². The van der Waals surface area contributed by atoms with Crippen molar-refractivity contribution >= 4 is 23.2 Å². The molecule has 4 nitrogen and oxygen atoms in total. The van der Waals surface area contributed by atoms with Crippen molar-refractivity contribution in [1.82, 2.24) is 0 Å². The van der Waals surface area contributed by atoms with Gasteiger partial charge in [-0.2, -0.15) is 0 Å². The first-order valence-corrected chi connectivity index (χ1v) is 8.35. The Balaban J connectivity index is 2.44. The Morgan fingerprint density at radius 1 is 0.818 bits per heavy atom. The van der Waals surface area contributed by atoms with Crippen LogP contribution in [0.3, 0.4) is 0 Å². The predicted molar refractivity (Wildman–Crippen MR) is 92.0 cm³/mol. The van der Waals surface area contributed by atoms with E-state index in [9.17, 15) is 9.59 Å². The fraction of sp³-hybridized carbons (Fsp3) is 0.556. The molecule has 0 atom stereocenters. The van der Waals surface area contributed by atoms with Gasteiger partial charge in [0, 0.05) is 24.2 Å². The number of carbonyl (C=O) groups is 2. The van der Waals surface area contributed by atoms with Gasteiger partial charge in [0.1, 0.15) is 0 Å². The molecule has 0 fully saturated rings. The first-order valence-electron chi connectivity index (χ1n) is 8.35. The number of anilines is 2. The molecule has 0 aliphatic carbocycles. The Morgan fingerprint density at radius 2 is 1.27 bits per heavy atom. The molecule has 0 aliphatic heterocycles. The average molecular weight is 304 g/mol. The molecule has 0 radical (unpaired) electrons. The predicted octanol–water partition coefficient (Wildman–Crippen LogP) is 4.72. The van der Waals surface area contributed by atoms with E-state index in [1.807, 2.05) is 18.2 Å². The second-order valence-electron chi connectivity index (χ2n) is 5.59. The van der Waals surface area contributed by atoms with Gasteiger partial charge in [-0.3, -0.25) is 9.59 Å². The highest BCUT2D eigenvalue weighted by molar-refractivity contribution is 5.94. The Hall–Kier alpha value is -1.84. The third-order valence-corrected chi connectivity index (χ3v) is 3.44. The van der Waals surface area contributed by atoms with E-state index in [-0.39, 0.29) is 11.8 Å². The lowest BCUT2D eigenvalue weighted by molar-refractivity contribution is -0.117. The molecule has 0 saturated heterocycles. The number of hydrogen-bond acceptors (Lipinski definition) is 2. The quantitative estimate of drug-likeness (QED) is 0.614. The van der Waals surface area contributed by atoms with E-state index in [1.165, 1.54) is 0 Å². The van der Waals surface area contributed by atoms with Crippen molar-refractivity contribution in [2.75, 3.05) is 10.6 Å². The van der Waals surface area contributed by atoms with Gasteiger partial charge in [-0.05, 0) is 31.0 Å². The third kappa shape index (κ3) is 7.81. The lowest BCUT2D eigenvalue weighted by Crippen LogP contribution is -2.13. The zero-order valence-corrected chi connectivity index (χ0v) is 13.8. The molecule has 0 aromatic heterocycles. The van der Waals surface area contributed by atoms with Crippen molar-refractivity contribution in [1.29, 1.82) is 0 Å². The van der Waals surface area contributed by atoms with Crippen molar-refractivity contribution in [3.8, 4) is 0 Å². The van der Waals surface area contributed by atoms with Crippen LogP contribution in [0.25, 0.3) is 0 Å². The van der Waals surface area contributed by atoms with Crippen LogP contribution in [0.1, 0.15) is 65.2 Å². The standard InChI is InChI=1S/C18H28N2O2/c1-3-5-7-12-17(21)19-15-10-9-11-16(14-15)20-18(22)13-8-6-4-2/h9-11,14H,3-8,12-13H2,1-2H3,(H,19,21)(H,20,22). The smallest absolute Gasteiger partial charge is 0.224 e. The SMILES string of the molecule is CCCCCC(=O)Nc1cccc(NC(=O)CCCCC)c1. The molecule has 0 bridgehead atoms. The zero-order chi connectivity index (χ0) is 16.2. The number of hydrogen-bond donors (Lipinski definition) is 2. The van der Waals surface area contributed by atoms with E-state index in [1.54, 1.807) is 6.07 Å². The lowest BCUT2D eigenvalue weighted by atomic mass is 10.2. The number of carbonyl (C=O) groups excluding carboxylic acids is 2. The lowest BCUT2D eigenvalue weighted by Gasteiger charge is -2.09. The second kappa shape index (κ2) is 10.8. The monoisotopic (exact) mass is 304 g/mol. The molecule has 0 saturated carbocycles. The highest BCUT2D eigenvalue weighted by Crippen LogP contribution is 2.16. The minimum Gasteiger partial charge on any atom is -0.326 e. The van der Waals surface area contributed by atoms with Gasteiger partial charge in [0.15, 0.2) is 0 Å². The summed E-state index contributed by atoms with van der Waals surface area (Å²) >= 11 is 0. The molecule has 22 heavy (non-hydrogen) atoms. The van der Waals surface area contributed by atoms with Gasteiger partial charge in [0.05, 0.1) is 0 Å². The molecular formula is C18H28N2O2. The normalized spacial score (nSPS) is 10.3. The van der Waals surface area contributed by atoms with Crippen molar-refractivity contribution in [2.45, 2.75) is 65.2 Å². The Morgan fingerprint density at radius 3 is 1.68 bits per heavy atom. The van der Waals surface area contributed by atoms with Gasteiger partial charge >= 0.3 is 0 Å². The van der Waals surface area contributed by atoms with E-state index in [2.05, 4.69) is 24.5 Å². The summed E-state index contributed by atoms with van der Waals surface area (Å²) in [5.74, 6) is 0.0553. The summed E-state index contributed by atoms with van der Waals surface area (Å²) in [6.07, 6.45) is 7.26. The summed E-state index contributed by atoms with van der Waals surface area (Å²) in [6.45, 7) is 4.23. The van der Waals surface area contributed by atoms with Gasteiger partial charge < -0.3 is 10.6 Å². The van der Waals surface area contributed by atoms with Gasteiger partial charge in [-0.25, -0.2) is 0 Å². The number of rotatable bonds is 10. The molecule has 122 valence electrons. The third-order valence-electron chi connectivity index (χ3n) is 3.44. The van der Waals surface area contributed by atoms with Gasteiger partial charge in [-0.15, -0.1) is 0 Å². The van der Waals surface area contributed by atoms with Crippen LogP contribution in [0.15, 0.2) is 24.3 Å². The molecule has 0 heterocycles. The van der Waals surface area contributed by atoms with E-state index < -0.39 is 0 Å².